The molecule has 0 radical (unpaired) electrons. The third kappa shape index (κ3) is 3.02. The topological polar surface area (TPSA) is 18.5 Å². The van der Waals surface area contributed by atoms with Crippen LogP contribution in [0.4, 0.5) is 17.6 Å². The van der Waals surface area contributed by atoms with Crippen LogP contribution in [0.2, 0.25) is 0 Å². The molecule has 6 heteroatoms. The number of halogens is 4. The van der Waals surface area contributed by atoms with Crippen LogP contribution >= 0.6 is 0 Å². The highest BCUT2D eigenvalue weighted by molar-refractivity contribution is 5.76. The highest BCUT2D eigenvalue weighted by Gasteiger charge is 2.29. The molecule has 0 N–H and O–H groups in total. The summed E-state index contributed by atoms with van der Waals surface area (Å²) in [6.45, 7) is 1.17. The number of benzene rings is 3. The summed E-state index contributed by atoms with van der Waals surface area (Å²) in [5.74, 6) is -2.85. The zero-order valence-corrected chi connectivity index (χ0v) is 16.2. The SMILES string of the molecule is Cc1ccc2c(c1F)OCc1c-2ccc(OCc2ccc(C3CC3)c(F)c2F)c1F. The molecule has 1 aliphatic heterocycles. The summed E-state index contributed by atoms with van der Waals surface area (Å²) in [4.78, 5) is 0. The maximum Gasteiger partial charge on any atom is 0.172 e. The Bertz CT molecular complexity index is 1170. The first-order valence-electron chi connectivity index (χ1n) is 9.79. The minimum atomic E-state index is -0.958. The molecule has 1 aliphatic carbocycles. The first-order chi connectivity index (χ1) is 14.5. The standard InChI is InChI=1S/C24H18F4O2/c1-12-2-6-17-16-8-9-19(22(27)18(16)11-30-24(17)20(12)25)29-10-14-5-7-15(13-3-4-13)23(28)21(14)26/h2,5-9,13H,3-4,10-11H2,1H3. The van der Waals surface area contributed by atoms with E-state index < -0.39 is 23.3 Å². The third-order valence-corrected chi connectivity index (χ3v) is 5.74. The van der Waals surface area contributed by atoms with Gasteiger partial charge in [-0.2, -0.15) is 0 Å². The Kier molecular flexibility index (Phi) is 4.45. The number of hydrogen-bond acceptors (Lipinski definition) is 2. The van der Waals surface area contributed by atoms with Crippen molar-refractivity contribution < 1.29 is 27.0 Å². The zero-order valence-electron chi connectivity index (χ0n) is 16.2. The number of rotatable bonds is 4. The zero-order chi connectivity index (χ0) is 21.0. The molecular formula is C24H18F4O2. The van der Waals surface area contributed by atoms with Crippen molar-refractivity contribution in [1.82, 2.24) is 0 Å². The molecule has 1 fully saturated rings. The lowest BCUT2D eigenvalue weighted by Crippen LogP contribution is -2.11. The quantitative estimate of drug-likeness (QED) is 0.450. The summed E-state index contributed by atoms with van der Waals surface area (Å²) in [5, 5.41) is 0. The Balaban J connectivity index is 1.42. The van der Waals surface area contributed by atoms with E-state index in [9.17, 15) is 13.2 Å². The second-order valence-electron chi connectivity index (χ2n) is 7.77. The average molecular weight is 414 g/mol. The van der Waals surface area contributed by atoms with E-state index in [2.05, 4.69) is 0 Å². The lowest BCUT2D eigenvalue weighted by molar-refractivity contribution is 0.263. The summed E-state index contributed by atoms with van der Waals surface area (Å²) in [7, 11) is 0. The second-order valence-corrected chi connectivity index (χ2v) is 7.77. The highest BCUT2D eigenvalue weighted by atomic mass is 19.2. The van der Waals surface area contributed by atoms with Gasteiger partial charge in [-0.1, -0.05) is 24.3 Å². The summed E-state index contributed by atoms with van der Waals surface area (Å²) < 4.78 is 68.8. The molecule has 0 bridgehead atoms. The molecule has 3 aromatic rings. The molecule has 0 amide bonds. The van der Waals surface area contributed by atoms with Crippen LogP contribution in [-0.2, 0) is 13.2 Å². The molecule has 30 heavy (non-hydrogen) atoms. The van der Waals surface area contributed by atoms with Gasteiger partial charge >= 0.3 is 0 Å². The predicted molar refractivity (Wildman–Crippen MR) is 104 cm³/mol. The van der Waals surface area contributed by atoms with Crippen molar-refractivity contribution in [2.45, 2.75) is 38.9 Å². The first kappa shape index (κ1) is 19.0. The van der Waals surface area contributed by atoms with E-state index in [1.807, 2.05) is 0 Å². The van der Waals surface area contributed by atoms with E-state index in [-0.39, 0.29) is 41.8 Å². The van der Waals surface area contributed by atoms with Crippen LogP contribution < -0.4 is 9.47 Å². The van der Waals surface area contributed by atoms with E-state index in [1.165, 1.54) is 12.1 Å². The number of fused-ring (bicyclic) bond motifs is 3. The maximum absolute atomic E-state index is 15.0. The van der Waals surface area contributed by atoms with Gasteiger partial charge in [0.2, 0.25) is 0 Å². The largest absolute Gasteiger partial charge is 0.486 e. The number of ether oxygens (including phenoxy) is 2. The van der Waals surface area contributed by atoms with Gasteiger partial charge in [0, 0.05) is 16.7 Å². The number of aryl methyl sites for hydroxylation is 1. The Morgan fingerprint density at radius 3 is 2.40 bits per heavy atom. The monoisotopic (exact) mass is 414 g/mol. The minimum Gasteiger partial charge on any atom is -0.486 e. The summed E-state index contributed by atoms with van der Waals surface area (Å²) >= 11 is 0. The third-order valence-electron chi connectivity index (χ3n) is 5.74. The van der Waals surface area contributed by atoms with Crippen LogP contribution in [0.25, 0.3) is 11.1 Å². The molecule has 3 aromatic carbocycles. The molecular weight excluding hydrogens is 396 g/mol. The van der Waals surface area contributed by atoms with Crippen molar-refractivity contribution in [3.05, 3.63) is 81.9 Å². The van der Waals surface area contributed by atoms with Gasteiger partial charge in [-0.25, -0.2) is 17.6 Å². The lowest BCUT2D eigenvalue weighted by atomic mass is 9.95. The molecule has 5 rings (SSSR count). The van der Waals surface area contributed by atoms with Crippen LogP contribution in [0.1, 0.15) is 41.0 Å². The van der Waals surface area contributed by atoms with Crippen LogP contribution in [0.15, 0.2) is 36.4 Å². The lowest BCUT2D eigenvalue weighted by Gasteiger charge is -2.23. The molecule has 0 unspecified atom stereocenters. The van der Waals surface area contributed by atoms with E-state index in [1.54, 1.807) is 31.2 Å². The Labute approximate surface area is 171 Å². The van der Waals surface area contributed by atoms with Gasteiger partial charge in [-0.15, -0.1) is 0 Å². The van der Waals surface area contributed by atoms with Crippen LogP contribution in [-0.4, -0.2) is 0 Å². The number of hydrogen-bond donors (Lipinski definition) is 0. The van der Waals surface area contributed by atoms with Crippen molar-refractivity contribution >= 4 is 0 Å². The fourth-order valence-corrected chi connectivity index (χ4v) is 3.84. The summed E-state index contributed by atoms with van der Waals surface area (Å²) in [6, 6.07) is 9.37. The van der Waals surface area contributed by atoms with Crippen molar-refractivity contribution in [2.75, 3.05) is 0 Å². The van der Waals surface area contributed by atoms with Crippen LogP contribution in [0, 0.1) is 30.2 Å². The van der Waals surface area contributed by atoms with Crippen molar-refractivity contribution in [1.29, 1.82) is 0 Å². The smallest absolute Gasteiger partial charge is 0.172 e. The van der Waals surface area contributed by atoms with E-state index >= 15 is 4.39 Å². The molecule has 1 saturated carbocycles. The molecule has 1 heterocycles. The Morgan fingerprint density at radius 2 is 1.63 bits per heavy atom. The van der Waals surface area contributed by atoms with Gasteiger partial charge < -0.3 is 9.47 Å². The average Bonchev–Trinajstić information content (AvgIpc) is 3.58. The first-order valence-corrected chi connectivity index (χ1v) is 9.79. The molecule has 0 saturated heterocycles. The molecule has 0 atom stereocenters. The van der Waals surface area contributed by atoms with Crippen molar-refractivity contribution in [3.8, 4) is 22.6 Å². The molecule has 2 aliphatic rings. The second kappa shape index (κ2) is 7.04. The predicted octanol–water partition coefficient (Wildman–Crippen LogP) is 6.57. The maximum atomic E-state index is 15.0. The van der Waals surface area contributed by atoms with Gasteiger partial charge in [0.15, 0.2) is 34.8 Å². The fraction of sp³-hybridized carbons (Fsp3) is 0.250. The summed E-state index contributed by atoms with van der Waals surface area (Å²) in [6.07, 6.45) is 1.72. The van der Waals surface area contributed by atoms with Crippen molar-refractivity contribution in [2.24, 2.45) is 0 Å². The Morgan fingerprint density at radius 1 is 0.867 bits per heavy atom. The minimum absolute atomic E-state index is 0.0214. The molecule has 0 aromatic heterocycles. The van der Waals surface area contributed by atoms with Gasteiger partial charge in [0.1, 0.15) is 13.2 Å². The summed E-state index contributed by atoms with van der Waals surface area (Å²) in [5.41, 5.74) is 2.07. The molecule has 0 spiro atoms. The van der Waals surface area contributed by atoms with Crippen LogP contribution in [0.3, 0.4) is 0 Å². The normalized spacial score (nSPS) is 14.7. The van der Waals surface area contributed by atoms with E-state index in [0.717, 1.165) is 12.8 Å². The van der Waals surface area contributed by atoms with E-state index in [0.29, 0.717) is 22.3 Å². The molecule has 154 valence electrons. The van der Waals surface area contributed by atoms with Crippen molar-refractivity contribution in [3.63, 3.8) is 0 Å². The van der Waals surface area contributed by atoms with Gasteiger partial charge in [0.25, 0.3) is 0 Å². The van der Waals surface area contributed by atoms with Crippen LogP contribution in [0.5, 0.6) is 11.5 Å². The fourth-order valence-electron chi connectivity index (χ4n) is 3.84. The van der Waals surface area contributed by atoms with E-state index in [4.69, 9.17) is 9.47 Å². The molecule has 2 nitrogen and oxygen atoms in total. The highest BCUT2D eigenvalue weighted by Crippen LogP contribution is 2.43. The van der Waals surface area contributed by atoms with Gasteiger partial charge in [0.05, 0.1) is 0 Å². The Hall–Kier alpha value is -3.02. The van der Waals surface area contributed by atoms with Gasteiger partial charge in [-0.3, -0.25) is 0 Å². The van der Waals surface area contributed by atoms with Gasteiger partial charge in [-0.05, 0) is 54.5 Å².